The van der Waals surface area contributed by atoms with Gasteiger partial charge in [0.25, 0.3) is 0 Å². The fourth-order valence-electron chi connectivity index (χ4n) is 6.88. The molecule has 0 radical (unpaired) electrons. The molecule has 7 atom stereocenters. The minimum atomic E-state index is 0.467. The van der Waals surface area contributed by atoms with Crippen molar-refractivity contribution in [3.05, 3.63) is 12.2 Å². The van der Waals surface area contributed by atoms with Gasteiger partial charge < -0.3 is 5.73 Å². The molecule has 0 aromatic heterocycles. The maximum absolute atomic E-state index is 6.50. The van der Waals surface area contributed by atoms with Gasteiger partial charge in [0.05, 0.1) is 0 Å². The molecule has 1 nitrogen and oxygen atoms in total. The van der Waals surface area contributed by atoms with E-state index in [2.05, 4.69) is 26.0 Å². The number of hydrogen-bond acceptors (Lipinski definition) is 1. The normalized spacial score (nSPS) is 57.9. The van der Waals surface area contributed by atoms with Gasteiger partial charge in [-0.1, -0.05) is 26.0 Å². The Morgan fingerprint density at radius 3 is 2.55 bits per heavy atom. The molecule has 0 aliphatic heterocycles. The Hall–Kier alpha value is -0.300. The van der Waals surface area contributed by atoms with Crippen LogP contribution >= 0.6 is 0 Å². The molecule has 4 aliphatic carbocycles. The summed E-state index contributed by atoms with van der Waals surface area (Å²) in [5.74, 6) is 3.86. The van der Waals surface area contributed by atoms with E-state index in [4.69, 9.17) is 5.73 Å². The first-order valence-corrected chi connectivity index (χ1v) is 8.96. The van der Waals surface area contributed by atoms with Crippen LogP contribution in [0.4, 0.5) is 0 Å². The van der Waals surface area contributed by atoms with Crippen LogP contribution in [0.2, 0.25) is 0 Å². The zero-order valence-electron chi connectivity index (χ0n) is 13.3. The fourth-order valence-corrected chi connectivity index (χ4v) is 6.88. The third-order valence-corrected chi connectivity index (χ3v) is 8.28. The molecule has 3 fully saturated rings. The summed E-state index contributed by atoms with van der Waals surface area (Å²) >= 11 is 0. The number of rotatable bonds is 0. The summed E-state index contributed by atoms with van der Waals surface area (Å²) in [4.78, 5) is 0. The van der Waals surface area contributed by atoms with E-state index < -0.39 is 0 Å². The first-order chi connectivity index (χ1) is 9.56. The van der Waals surface area contributed by atoms with Gasteiger partial charge in [-0.3, -0.25) is 0 Å². The van der Waals surface area contributed by atoms with Crippen LogP contribution in [0.1, 0.15) is 65.2 Å². The third kappa shape index (κ3) is 1.59. The van der Waals surface area contributed by atoms with Crippen molar-refractivity contribution < 1.29 is 0 Å². The van der Waals surface area contributed by atoms with Gasteiger partial charge in [-0.05, 0) is 85.9 Å². The van der Waals surface area contributed by atoms with E-state index in [9.17, 15) is 0 Å². The van der Waals surface area contributed by atoms with E-state index in [1.807, 2.05) is 0 Å². The molecule has 0 unspecified atom stereocenters. The Labute approximate surface area is 124 Å². The highest BCUT2D eigenvalue weighted by molar-refractivity contribution is 5.12. The topological polar surface area (TPSA) is 26.0 Å². The van der Waals surface area contributed by atoms with Crippen LogP contribution in [0.3, 0.4) is 0 Å². The molecule has 0 bridgehead atoms. The highest BCUT2D eigenvalue weighted by Crippen LogP contribution is 2.65. The van der Waals surface area contributed by atoms with Crippen molar-refractivity contribution in [2.75, 3.05) is 0 Å². The Balaban J connectivity index is 1.66. The van der Waals surface area contributed by atoms with Crippen molar-refractivity contribution in [2.24, 2.45) is 40.2 Å². The summed E-state index contributed by atoms with van der Waals surface area (Å²) in [7, 11) is 0. The number of allylic oxidation sites excluding steroid dienone is 2. The largest absolute Gasteiger partial charge is 0.327 e. The monoisotopic (exact) mass is 273 g/mol. The Bertz CT molecular complexity index is 427. The van der Waals surface area contributed by atoms with E-state index in [1.165, 1.54) is 51.4 Å². The lowest BCUT2D eigenvalue weighted by molar-refractivity contribution is -0.0897. The highest BCUT2D eigenvalue weighted by atomic mass is 14.8. The average molecular weight is 273 g/mol. The van der Waals surface area contributed by atoms with Gasteiger partial charge in [0.2, 0.25) is 0 Å². The molecule has 1 heteroatoms. The second kappa shape index (κ2) is 4.35. The van der Waals surface area contributed by atoms with Crippen molar-refractivity contribution in [3.63, 3.8) is 0 Å². The molecule has 0 aromatic rings. The summed E-state index contributed by atoms with van der Waals surface area (Å²) in [5.41, 5.74) is 7.57. The third-order valence-electron chi connectivity index (χ3n) is 8.28. The predicted molar refractivity (Wildman–Crippen MR) is 84.2 cm³/mol. The number of fused-ring (bicyclic) bond motifs is 5. The number of nitrogens with two attached hydrogens (primary N) is 1. The van der Waals surface area contributed by atoms with Crippen molar-refractivity contribution >= 4 is 0 Å². The zero-order chi connectivity index (χ0) is 14.0. The van der Waals surface area contributed by atoms with E-state index in [-0.39, 0.29) is 0 Å². The van der Waals surface area contributed by atoms with Crippen LogP contribution in [0.5, 0.6) is 0 Å². The molecular weight excluding hydrogens is 242 g/mol. The van der Waals surface area contributed by atoms with Crippen LogP contribution in [-0.2, 0) is 0 Å². The van der Waals surface area contributed by atoms with Crippen LogP contribution in [-0.4, -0.2) is 6.04 Å². The van der Waals surface area contributed by atoms with Gasteiger partial charge in [0, 0.05) is 6.04 Å². The Morgan fingerprint density at radius 2 is 1.70 bits per heavy atom. The second-order valence-electron chi connectivity index (χ2n) is 8.80. The zero-order valence-corrected chi connectivity index (χ0v) is 13.3. The molecule has 0 spiro atoms. The summed E-state index contributed by atoms with van der Waals surface area (Å²) in [6.07, 6.45) is 16.1. The average Bonchev–Trinajstić information content (AvgIpc) is 2.74. The van der Waals surface area contributed by atoms with E-state index in [0.29, 0.717) is 16.9 Å². The molecule has 112 valence electrons. The van der Waals surface area contributed by atoms with Gasteiger partial charge in [-0.2, -0.15) is 0 Å². The predicted octanol–water partition coefficient (Wildman–Crippen LogP) is 4.52. The quantitative estimate of drug-likeness (QED) is 0.645. The molecule has 3 saturated carbocycles. The number of hydrogen-bond donors (Lipinski definition) is 1. The molecule has 0 amide bonds. The lowest BCUT2D eigenvalue weighted by Gasteiger charge is -2.59. The van der Waals surface area contributed by atoms with Gasteiger partial charge >= 0.3 is 0 Å². The highest BCUT2D eigenvalue weighted by Gasteiger charge is 2.58. The molecule has 4 aliphatic rings. The van der Waals surface area contributed by atoms with Gasteiger partial charge in [-0.25, -0.2) is 0 Å². The molecule has 2 N–H and O–H groups in total. The maximum atomic E-state index is 6.50. The van der Waals surface area contributed by atoms with Crippen LogP contribution < -0.4 is 5.73 Å². The van der Waals surface area contributed by atoms with Crippen molar-refractivity contribution in [2.45, 2.75) is 71.3 Å². The summed E-state index contributed by atoms with van der Waals surface area (Å²) in [6, 6.07) is 0.477. The lowest BCUT2D eigenvalue weighted by atomic mass is 9.46. The summed E-state index contributed by atoms with van der Waals surface area (Å²) in [6.45, 7) is 5.14. The molecule has 0 saturated heterocycles. The molecule has 4 rings (SSSR count). The van der Waals surface area contributed by atoms with E-state index in [1.54, 1.807) is 0 Å². The van der Waals surface area contributed by atoms with Crippen LogP contribution in [0.15, 0.2) is 12.2 Å². The van der Waals surface area contributed by atoms with Gasteiger partial charge in [0.15, 0.2) is 0 Å². The second-order valence-corrected chi connectivity index (χ2v) is 8.80. The fraction of sp³-hybridized carbons (Fsp3) is 0.895. The maximum Gasteiger partial charge on any atom is 0.00957 e. The van der Waals surface area contributed by atoms with Crippen molar-refractivity contribution in [1.82, 2.24) is 0 Å². The molecule has 20 heavy (non-hydrogen) atoms. The Morgan fingerprint density at radius 1 is 0.900 bits per heavy atom. The Kier molecular flexibility index (Phi) is 2.91. The SMILES string of the molecule is C[C@]12CC=CC[C@@H]1CC[C@@H]1[C@@H]2CC[C@]2(C)[C@@H](N)CC[C@@H]12. The van der Waals surface area contributed by atoms with Crippen LogP contribution in [0.25, 0.3) is 0 Å². The summed E-state index contributed by atoms with van der Waals surface area (Å²) in [5, 5.41) is 0. The first kappa shape index (κ1) is 13.4. The molecule has 0 heterocycles. The van der Waals surface area contributed by atoms with Crippen LogP contribution in [0, 0.1) is 34.5 Å². The van der Waals surface area contributed by atoms with Gasteiger partial charge in [-0.15, -0.1) is 0 Å². The standard InChI is InChI=1S/C19H31N/c1-18-11-4-3-5-13(18)6-7-14-15-8-9-17(20)19(15,2)12-10-16(14)18/h3-4,13-17H,5-12,20H2,1-2H3/t13-,14+,15+,16+,17+,18+,19+/m1/s1. The lowest BCUT2D eigenvalue weighted by Crippen LogP contribution is -2.53. The summed E-state index contributed by atoms with van der Waals surface area (Å²) < 4.78 is 0. The van der Waals surface area contributed by atoms with Gasteiger partial charge in [0.1, 0.15) is 0 Å². The molecular formula is C19H31N. The first-order valence-electron chi connectivity index (χ1n) is 8.96. The van der Waals surface area contributed by atoms with E-state index >= 15 is 0 Å². The van der Waals surface area contributed by atoms with Crippen molar-refractivity contribution in [1.29, 1.82) is 0 Å². The minimum absolute atomic E-state index is 0.467. The molecule has 0 aromatic carbocycles. The van der Waals surface area contributed by atoms with Crippen molar-refractivity contribution in [3.8, 4) is 0 Å². The minimum Gasteiger partial charge on any atom is -0.327 e. The smallest absolute Gasteiger partial charge is 0.00957 e. The van der Waals surface area contributed by atoms with E-state index in [0.717, 1.165) is 23.7 Å².